The molecule has 0 aliphatic carbocycles. The van der Waals surface area contributed by atoms with Gasteiger partial charge in [-0.15, -0.1) is 6.58 Å². The highest BCUT2D eigenvalue weighted by Gasteiger charge is 2.16. The summed E-state index contributed by atoms with van der Waals surface area (Å²) in [7, 11) is 0. The number of nitrogens with zero attached hydrogens (tertiary/aromatic N) is 2. The monoisotopic (exact) mass is 424 g/mol. The van der Waals surface area contributed by atoms with Gasteiger partial charge in [0.05, 0.1) is 5.75 Å². The van der Waals surface area contributed by atoms with E-state index in [1.54, 1.807) is 30.3 Å². The number of para-hydroxylation sites is 1. The number of anilines is 1. The smallest absolute Gasteiger partial charge is 0.278 e. The normalized spacial score (nSPS) is 11.1. The number of halogens is 1. The molecule has 0 radical (unpaired) electrons. The van der Waals surface area contributed by atoms with Crippen molar-refractivity contribution in [1.29, 1.82) is 0 Å². The van der Waals surface area contributed by atoms with Crippen LogP contribution in [0.25, 0.3) is 21.9 Å². The summed E-state index contributed by atoms with van der Waals surface area (Å²) in [4.78, 5) is 33.2. The van der Waals surface area contributed by atoms with E-state index in [1.165, 1.54) is 16.3 Å². The van der Waals surface area contributed by atoms with Crippen LogP contribution in [0.2, 0.25) is 5.02 Å². The highest BCUT2D eigenvalue weighted by molar-refractivity contribution is 7.99. The molecule has 8 heteroatoms. The van der Waals surface area contributed by atoms with Crippen LogP contribution in [-0.4, -0.2) is 26.2 Å². The van der Waals surface area contributed by atoms with Crippen molar-refractivity contribution in [2.75, 3.05) is 11.1 Å². The highest BCUT2D eigenvalue weighted by Crippen LogP contribution is 2.25. The Morgan fingerprint density at radius 2 is 2.10 bits per heavy atom. The Bertz CT molecular complexity index is 1300. The highest BCUT2D eigenvalue weighted by atomic mass is 35.5. The molecule has 0 atom stereocenters. The molecule has 0 spiro atoms. The van der Waals surface area contributed by atoms with Gasteiger partial charge in [-0.3, -0.25) is 14.2 Å². The Morgan fingerprint density at radius 3 is 2.90 bits per heavy atom. The molecule has 4 rings (SSSR count). The molecule has 0 aliphatic rings. The number of benzene rings is 2. The van der Waals surface area contributed by atoms with E-state index in [2.05, 4.69) is 21.9 Å². The van der Waals surface area contributed by atoms with E-state index in [9.17, 15) is 9.59 Å². The number of nitrogens with one attached hydrogen (secondary N) is 2. The largest absolute Gasteiger partial charge is 0.349 e. The summed E-state index contributed by atoms with van der Waals surface area (Å²) in [5.41, 5.74) is 2.32. The molecule has 2 aromatic carbocycles. The van der Waals surface area contributed by atoms with Crippen molar-refractivity contribution in [3.05, 3.63) is 76.6 Å². The van der Waals surface area contributed by atoms with Crippen molar-refractivity contribution in [3.63, 3.8) is 0 Å². The molecule has 6 nitrogen and oxygen atoms in total. The molecule has 2 heterocycles. The predicted molar refractivity (Wildman–Crippen MR) is 119 cm³/mol. The van der Waals surface area contributed by atoms with Gasteiger partial charge < -0.3 is 10.3 Å². The lowest BCUT2D eigenvalue weighted by Gasteiger charge is -2.10. The molecule has 146 valence electrons. The summed E-state index contributed by atoms with van der Waals surface area (Å²) in [5, 5.41) is 4.68. The zero-order valence-corrected chi connectivity index (χ0v) is 16.9. The fourth-order valence-electron chi connectivity index (χ4n) is 3.07. The summed E-state index contributed by atoms with van der Waals surface area (Å²) < 4.78 is 1.52. The number of aromatic nitrogens is 3. The third-order valence-corrected chi connectivity index (χ3v) is 5.54. The first-order valence-electron chi connectivity index (χ1n) is 8.87. The third-order valence-electron chi connectivity index (χ3n) is 4.33. The summed E-state index contributed by atoms with van der Waals surface area (Å²) >= 11 is 7.15. The molecule has 0 fully saturated rings. The predicted octanol–water partition coefficient (Wildman–Crippen LogP) is 4.45. The van der Waals surface area contributed by atoms with Crippen LogP contribution in [0.1, 0.15) is 0 Å². The van der Waals surface area contributed by atoms with Crippen molar-refractivity contribution in [2.24, 2.45) is 0 Å². The zero-order valence-electron chi connectivity index (χ0n) is 15.3. The minimum Gasteiger partial charge on any atom is -0.349 e. The van der Waals surface area contributed by atoms with E-state index in [0.29, 0.717) is 33.4 Å². The summed E-state index contributed by atoms with van der Waals surface area (Å²) in [5.74, 6) is -0.111. The molecule has 0 saturated heterocycles. The zero-order chi connectivity index (χ0) is 20.4. The molecule has 29 heavy (non-hydrogen) atoms. The lowest BCUT2D eigenvalue weighted by atomic mass is 10.2. The van der Waals surface area contributed by atoms with Crippen LogP contribution in [-0.2, 0) is 11.3 Å². The SMILES string of the molecule is C=CCn1c(SCC(=O)Nc2cccc(Cl)c2)nc2c([nH]c3ccccc32)c1=O. The third kappa shape index (κ3) is 3.92. The number of carbonyl (C=O) groups excluding carboxylic acids is 1. The average molecular weight is 425 g/mol. The first-order valence-corrected chi connectivity index (χ1v) is 10.2. The molecule has 4 aromatic rings. The first-order chi connectivity index (χ1) is 14.1. The number of hydrogen-bond acceptors (Lipinski definition) is 4. The molecule has 0 aliphatic heterocycles. The summed E-state index contributed by atoms with van der Waals surface area (Å²) in [6.45, 7) is 4.02. The number of carbonyl (C=O) groups is 1. The van der Waals surface area contributed by atoms with Gasteiger partial charge in [-0.1, -0.05) is 53.7 Å². The van der Waals surface area contributed by atoms with E-state index in [-0.39, 0.29) is 17.2 Å². The molecular weight excluding hydrogens is 408 g/mol. The second-order valence-corrected chi connectivity index (χ2v) is 7.72. The molecule has 0 saturated carbocycles. The van der Waals surface area contributed by atoms with Crippen LogP contribution in [0.3, 0.4) is 0 Å². The number of amides is 1. The first kappa shape index (κ1) is 19.3. The van der Waals surface area contributed by atoms with Crippen LogP contribution in [0.4, 0.5) is 5.69 Å². The minimum absolute atomic E-state index is 0.101. The average Bonchev–Trinajstić information content (AvgIpc) is 3.08. The van der Waals surface area contributed by atoms with Gasteiger partial charge in [-0.25, -0.2) is 4.98 Å². The molecule has 2 aromatic heterocycles. The lowest BCUT2D eigenvalue weighted by Crippen LogP contribution is -2.23. The topological polar surface area (TPSA) is 79.8 Å². The summed E-state index contributed by atoms with van der Waals surface area (Å²) in [6, 6.07) is 14.6. The van der Waals surface area contributed by atoms with E-state index in [1.807, 2.05) is 24.3 Å². The second kappa shape index (κ2) is 8.14. The van der Waals surface area contributed by atoms with Gasteiger partial charge in [0.15, 0.2) is 5.16 Å². The molecule has 0 bridgehead atoms. The molecule has 0 unspecified atom stereocenters. The van der Waals surface area contributed by atoms with Gasteiger partial charge in [0.2, 0.25) is 5.91 Å². The van der Waals surface area contributed by atoms with Gasteiger partial charge in [0.1, 0.15) is 11.0 Å². The Morgan fingerprint density at radius 1 is 1.28 bits per heavy atom. The minimum atomic E-state index is -0.212. The number of H-pyrrole nitrogens is 1. The Labute approximate surface area is 175 Å². The molecule has 2 N–H and O–H groups in total. The van der Waals surface area contributed by atoms with Gasteiger partial charge in [-0.2, -0.15) is 0 Å². The lowest BCUT2D eigenvalue weighted by molar-refractivity contribution is -0.113. The summed E-state index contributed by atoms with van der Waals surface area (Å²) in [6.07, 6.45) is 1.63. The maximum absolute atomic E-state index is 13.0. The number of fused-ring (bicyclic) bond motifs is 3. The number of allylic oxidation sites excluding steroid dienone is 1. The number of hydrogen-bond donors (Lipinski definition) is 2. The van der Waals surface area contributed by atoms with E-state index in [4.69, 9.17) is 11.6 Å². The van der Waals surface area contributed by atoms with Crippen molar-refractivity contribution in [3.8, 4) is 0 Å². The second-order valence-electron chi connectivity index (χ2n) is 6.34. The van der Waals surface area contributed by atoms with Crippen molar-refractivity contribution in [2.45, 2.75) is 11.7 Å². The van der Waals surface area contributed by atoms with E-state index < -0.39 is 0 Å². The van der Waals surface area contributed by atoms with E-state index in [0.717, 1.165) is 10.9 Å². The maximum Gasteiger partial charge on any atom is 0.278 e. The Balaban J connectivity index is 1.65. The molecular formula is C21H17ClN4O2S. The maximum atomic E-state index is 13.0. The van der Waals surface area contributed by atoms with Crippen molar-refractivity contribution < 1.29 is 4.79 Å². The van der Waals surface area contributed by atoms with Crippen LogP contribution in [0.5, 0.6) is 0 Å². The van der Waals surface area contributed by atoms with Crippen LogP contribution < -0.4 is 10.9 Å². The van der Waals surface area contributed by atoms with Crippen molar-refractivity contribution >= 4 is 56.9 Å². The standard InChI is InChI=1S/C21H17ClN4O2S/c1-2-10-26-20(28)19-18(15-8-3-4-9-16(15)24-19)25-21(26)29-12-17(27)23-14-7-5-6-13(22)11-14/h2-9,11,24H,1,10,12H2,(H,23,27). The quantitative estimate of drug-likeness (QED) is 0.272. The fraction of sp³-hybridized carbons (Fsp3) is 0.0952. The Kier molecular flexibility index (Phi) is 5.42. The number of thioether (sulfide) groups is 1. The van der Waals surface area contributed by atoms with Gasteiger partial charge in [-0.05, 0) is 24.3 Å². The van der Waals surface area contributed by atoms with Crippen LogP contribution in [0, 0.1) is 0 Å². The Hall–Kier alpha value is -3.03. The van der Waals surface area contributed by atoms with Crippen LogP contribution in [0.15, 0.2) is 71.1 Å². The number of aromatic amines is 1. The van der Waals surface area contributed by atoms with Gasteiger partial charge >= 0.3 is 0 Å². The fourth-order valence-corrected chi connectivity index (χ4v) is 4.06. The number of rotatable bonds is 6. The van der Waals surface area contributed by atoms with E-state index >= 15 is 0 Å². The molecule has 1 amide bonds. The van der Waals surface area contributed by atoms with Crippen LogP contribution >= 0.6 is 23.4 Å². The van der Waals surface area contributed by atoms with Gasteiger partial charge in [0.25, 0.3) is 5.56 Å². The van der Waals surface area contributed by atoms with Crippen molar-refractivity contribution in [1.82, 2.24) is 14.5 Å². The van der Waals surface area contributed by atoms with Gasteiger partial charge in [0, 0.05) is 28.2 Å².